The first-order chi connectivity index (χ1) is 10.8. The predicted octanol–water partition coefficient (Wildman–Crippen LogP) is 6.93. The van der Waals surface area contributed by atoms with Gasteiger partial charge in [-0.05, 0) is 10.3 Å². The number of hydrogen-bond acceptors (Lipinski definition) is 0. The zero-order valence-electron chi connectivity index (χ0n) is 17.6. The molecule has 0 saturated carbocycles. The Hall–Kier alpha value is -0.134. The summed E-state index contributed by atoms with van der Waals surface area (Å²) < 4.78 is 0. The molecule has 0 atom stereocenters. The second kappa shape index (κ2) is 9.70. The van der Waals surface area contributed by atoms with Crippen molar-refractivity contribution in [2.24, 2.45) is 0 Å². The van der Waals surface area contributed by atoms with Crippen LogP contribution < -0.4 is 5.19 Å². The van der Waals surface area contributed by atoms with Crippen molar-refractivity contribution in [3.63, 3.8) is 0 Å². The van der Waals surface area contributed by atoms with Gasteiger partial charge in [-0.15, -0.1) is 16.0 Å². The van der Waals surface area contributed by atoms with Crippen LogP contribution in [-0.4, -0.2) is 18.4 Å². The van der Waals surface area contributed by atoms with Gasteiger partial charge in [0.1, 0.15) is 0 Å². The van der Waals surface area contributed by atoms with Crippen LogP contribution >= 0.6 is 7.92 Å². The van der Waals surface area contributed by atoms with E-state index in [0.29, 0.717) is 10.3 Å². The van der Waals surface area contributed by atoms with E-state index < -0.39 is 8.07 Å². The summed E-state index contributed by atoms with van der Waals surface area (Å²) in [7, 11) is -0.974. The Morgan fingerprint density at radius 2 is 1.24 bits per heavy atom. The summed E-state index contributed by atoms with van der Waals surface area (Å²) in [6.07, 6.45) is 1.26. The molecule has 0 heterocycles. The molecule has 2 rings (SSSR count). The van der Waals surface area contributed by atoms with Gasteiger partial charge in [-0.1, -0.05) is 67.3 Å². The molecule has 0 amide bonds. The molecule has 0 bridgehead atoms. The molecule has 0 radical (unpaired) electrons. The number of hydrogen-bond donors (Lipinski definition) is 0. The maximum absolute atomic E-state index is 2.38. The van der Waals surface area contributed by atoms with E-state index in [1.807, 2.05) is 0 Å². The molecule has 0 nitrogen and oxygen atoms in total. The van der Waals surface area contributed by atoms with Crippen molar-refractivity contribution in [3.05, 3.63) is 54.1 Å². The minimum Gasteiger partial charge on any atom is -0.748 e. The van der Waals surface area contributed by atoms with Crippen molar-refractivity contribution < 1.29 is 17.1 Å². The van der Waals surface area contributed by atoms with Gasteiger partial charge in [-0.3, -0.25) is 0 Å². The van der Waals surface area contributed by atoms with Crippen LogP contribution in [0, 0.1) is 0 Å². The first-order valence-electron chi connectivity index (χ1n) is 9.02. The Balaban J connectivity index is 0.000000495. The minimum absolute atomic E-state index is 0. The molecule has 3 heteroatoms. The molecule has 0 aliphatic heterocycles. The molecule has 0 aromatic heterocycles. The molecular weight excluding hydrogens is 379 g/mol. The molecule has 148 valence electrons. The Morgan fingerprint density at radius 3 is 1.52 bits per heavy atom. The molecule has 0 fully saturated rings. The van der Waals surface area contributed by atoms with Crippen LogP contribution in [0.15, 0.2) is 48.5 Å². The third-order valence-electron chi connectivity index (χ3n) is 4.22. The van der Waals surface area contributed by atoms with E-state index in [2.05, 4.69) is 110 Å². The second-order valence-corrected chi connectivity index (χ2v) is 18.6. The van der Waals surface area contributed by atoms with E-state index >= 15 is 0 Å². The predicted molar refractivity (Wildman–Crippen MR) is 117 cm³/mol. The summed E-state index contributed by atoms with van der Waals surface area (Å²) in [6, 6.07) is 17.5. The standard InChI is InChI=1S/C14H24P.C8H13Si.Fe/c1-13(2,3)15(14(4,5)6)11-12-9-7-8-10-12;1-9(2,3)8-6-4-5-7-8;/h7-10H,11H2,1-6H3;4-7H,1-3H3;/q-1;-5;. The van der Waals surface area contributed by atoms with E-state index in [1.165, 1.54) is 11.7 Å². The Bertz CT molecular complexity index is 549. The first-order valence-corrected chi connectivity index (χ1v) is 14.0. The van der Waals surface area contributed by atoms with Crippen molar-refractivity contribution in [1.82, 2.24) is 0 Å². The summed E-state index contributed by atoms with van der Waals surface area (Å²) in [4.78, 5) is 0. The van der Waals surface area contributed by atoms with Crippen LogP contribution in [0.5, 0.6) is 0 Å². The normalized spacial score (nSPS) is 12.4. The van der Waals surface area contributed by atoms with Crippen LogP contribution in [0.1, 0.15) is 47.1 Å². The molecule has 0 saturated heterocycles. The van der Waals surface area contributed by atoms with E-state index in [1.54, 1.807) is 5.19 Å². The van der Waals surface area contributed by atoms with Gasteiger partial charge in [0.15, 0.2) is 0 Å². The van der Waals surface area contributed by atoms with Crippen molar-refractivity contribution in [3.8, 4) is 0 Å². The molecule has 0 unspecified atom stereocenters. The smallest absolute Gasteiger partial charge is 0 e. The largest absolute Gasteiger partial charge is 0.748 e. The van der Waals surface area contributed by atoms with Gasteiger partial charge in [0.25, 0.3) is 0 Å². The maximum Gasteiger partial charge on any atom is 0 e. The van der Waals surface area contributed by atoms with Gasteiger partial charge in [0.05, 0.1) is 0 Å². The van der Waals surface area contributed by atoms with Crippen molar-refractivity contribution in [2.75, 3.05) is 0 Å². The van der Waals surface area contributed by atoms with Gasteiger partial charge in [-0.25, -0.2) is 12.1 Å². The summed E-state index contributed by atoms with van der Waals surface area (Å²) in [5.41, 5.74) is 1.51. The van der Waals surface area contributed by atoms with Crippen LogP contribution in [0.4, 0.5) is 0 Å². The Kier molecular flexibility index (Phi) is 9.65. The van der Waals surface area contributed by atoms with Crippen molar-refractivity contribution in [2.45, 2.75) is 77.7 Å². The maximum atomic E-state index is 2.38. The molecule has 0 aliphatic carbocycles. The van der Waals surface area contributed by atoms with Crippen LogP contribution in [0.25, 0.3) is 0 Å². The zero-order valence-corrected chi connectivity index (χ0v) is 20.6. The van der Waals surface area contributed by atoms with Crippen LogP contribution in [0.2, 0.25) is 19.6 Å². The van der Waals surface area contributed by atoms with Crippen LogP contribution in [-0.2, 0) is 23.2 Å². The summed E-state index contributed by atoms with van der Waals surface area (Å²) >= 11 is 0. The molecule has 2 aromatic rings. The summed E-state index contributed by atoms with van der Waals surface area (Å²) in [5.74, 6) is 0. The van der Waals surface area contributed by atoms with E-state index in [-0.39, 0.29) is 25.0 Å². The van der Waals surface area contributed by atoms with Crippen molar-refractivity contribution >= 4 is 21.2 Å². The summed E-state index contributed by atoms with van der Waals surface area (Å²) in [5, 5.41) is 2.43. The van der Waals surface area contributed by atoms with Gasteiger partial charge >= 0.3 is 0 Å². The van der Waals surface area contributed by atoms with Crippen LogP contribution in [0.3, 0.4) is 0 Å². The Morgan fingerprint density at radius 1 is 0.840 bits per heavy atom. The number of rotatable bonds is 3. The molecule has 25 heavy (non-hydrogen) atoms. The molecule has 0 spiro atoms. The fourth-order valence-electron chi connectivity index (χ4n) is 3.06. The van der Waals surface area contributed by atoms with E-state index in [4.69, 9.17) is 0 Å². The third-order valence-corrected chi connectivity index (χ3v) is 10.2. The molecule has 0 N–H and O–H groups in total. The van der Waals surface area contributed by atoms with Crippen molar-refractivity contribution in [1.29, 1.82) is 0 Å². The quantitative estimate of drug-likeness (QED) is 0.289. The molecule has 2 aromatic carbocycles. The average molecular weight is 416 g/mol. The summed E-state index contributed by atoms with van der Waals surface area (Å²) in [6.45, 7) is 21.4. The fourth-order valence-corrected chi connectivity index (χ4v) is 7.79. The average Bonchev–Trinajstić information content (AvgIpc) is 3.07. The monoisotopic (exact) mass is 416 g/mol. The van der Waals surface area contributed by atoms with E-state index in [9.17, 15) is 0 Å². The molecule has 0 aliphatic rings. The van der Waals surface area contributed by atoms with Gasteiger partial charge < -0.3 is 29.5 Å². The fraction of sp³-hybridized carbons (Fsp3) is 0.545. The topological polar surface area (TPSA) is 0 Å². The zero-order chi connectivity index (χ0) is 18.6. The first kappa shape index (κ1) is 24.9. The third kappa shape index (κ3) is 8.87. The second-order valence-electron chi connectivity index (χ2n) is 9.64. The van der Waals surface area contributed by atoms with Gasteiger partial charge in [0, 0.05) is 17.1 Å². The SMILES string of the molecule is CC(C)(C)P(C[c-]1cccc1)C(C)(C)C.C[Si](C)(C)[c-]1[cH-][cH-][cH-][cH-]1.[Fe]. The van der Waals surface area contributed by atoms with E-state index in [0.717, 1.165) is 0 Å². The van der Waals surface area contributed by atoms with Gasteiger partial charge in [-0.2, -0.15) is 17.7 Å². The minimum atomic E-state index is -0.981. The molecular formula is C22H37FePSi-6. The Labute approximate surface area is 169 Å². The van der Waals surface area contributed by atoms with Gasteiger partial charge in [0.2, 0.25) is 0 Å².